The minimum absolute atomic E-state index is 0.0827. The second kappa shape index (κ2) is 7.87. The lowest BCUT2D eigenvalue weighted by molar-refractivity contribution is 0.0639. The van der Waals surface area contributed by atoms with Crippen LogP contribution < -0.4 is 4.74 Å². The number of rotatable bonds is 4. The molecule has 2 rings (SSSR count). The Hall–Kier alpha value is -2.76. The van der Waals surface area contributed by atoms with Crippen molar-refractivity contribution in [3.8, 4) is 17.9 Å². The third kappa shape index (κ3) is 3.88. The molecule has 0 spiro atoms. The standard InChI is InChI=1S/C17H17N3O2/c1-21-16-5-3-15(4-6-16)17(7-2-14(12-18)13-19)20-8-10-22-11-9-20/h2-7H,8-11H2,1H3. The molecule has 1 saturated heterocycles. The molecule has 1 aliphatic heterocycles. The Balaban J connectivity index is 2.36. The normalized spacial score (nSPS) is 14.7. The SMILES string of the molecule is COc1ccc(C(=CC=C(C#N)C#N)N2CCOCC2)cc1. The van der Waals surface area contributed by atoms with E-state index in [0.29, 0.717) is 13.2 Å². The maximum atomic E-state index is 8.87. The second-order valence-electron chi connectivity index (χ2n) is 4.68. The molecular weight excluding hydrogens is 278 g/mol. The zero-order valence-corrected chi connectivity index (χ0v) is 12.5. The summed E-state index contributed by atoms with van der Waals surface area (Å²) in [5.41, 5.74) is 2.06. The predicted molar refractivity (Wildman–Crippen MR) is 82.7 cm³/mol. The van der Waals surface area contributed by atoms with E-state index >= 15 is 0 Å². The fraction of sp³-hybridized carbons (Fsp3) is 0.294. The summed E-state index contributed by atoms with van der Waals surface area (Å²) in [5, 5.41) is 17.7. The number of hydrogen-bond acceptors (Lipinski definition) is 5. The molecule has 0 saturated carbocycles. The average molecular weight is 295 g/mol. The van der Waals surface area contributed by atoms with Gasteiger partial charge in [0, 0.05) is 18.8 Å². The zero-order valence-electron chi connectivity index (χ0n) is 12.5. The molecule has 0 N–H and O–H groups in total. The molecule has 1 aromatic rings. The van der Waals surface area contributed by atoms with E-state index in [1.165, 1.54) is 0 Å². The van der Waals surface area contributed by atoms with E-state index < -0.39 is 0 Å². The first-order valence-corrected chi connectivity index (χ1v) is 6.98. The van der Waals surface area contributed by atoms with Gasteiger partial charge in [-0.3, -0.25) is 0 Å². The fourth-order valence-electron chi connectivity index (χ4n) is 2.21. The minimum atomic E-state index is 0.0827. The number of benzene rings is 1. The molecule has 0 atom stereocenters. The molecule has 1 aromatic carbocycles. The Morgan fingerprint density at radius 2 is 1.77 bits per heavy atom. The Morgan fingerprint density at radius 1 is 1.14 bits per heavy atom. The van der Waals surface area contributed by atoms with Gasteiger partial charge in [-0.25, -0.2) is 0 Å². The number of nitrogens with zero attached hydrogens (tertiary/aromatic N) is 3. The van der Waals surface area contributed by atoms with Crippen molar-refractivity contribution in [1.29, 1.82) is 10.5 Å². The van der Waals surface area contributed by atoms with Crippen LogP contribution in [-0.4, -0.2) is 38.3 Å². The van der Waals surface area contributed by atoms with Crippen molar-refractivity contribution in [3.05, 3.63) is 47.6 Å². The van der Waals surface area contributed by atoms with E-state index in [1.54, 1.807) is 13.2 Å². The van der Waals surface area contributed by atoms with Gasteiger partial charge in [0.1, 0.15) is 23.5 Å². The summed E-state index contributed by atoms with van der Waals surface area (Å²) in [6, 6.07) is 11.5. The van der Waals surface area contributed by atoms with Crippen molar-refractivity contribution in [1.82, 2.24) is 4.90 Å². The van der Waals surface area contributed by atoms with Crippen LogP contribution in [0.2, 0.25) is 0 Å². The maximum Gasteiger partial charge on any atom is 0.129 e. The van der Waals surface area contributed by atoms with E-state index in [-0.39, 0.29) is 5.57 Å². The molecule has 1 fully saturated rings. The lowest BCUT2D eigenvalue weighted by Gasteiger charge is -2.31. The van der Waals surface area contributed by atoms with Gasteiger partial charge in [0.05, 0.1) is 20.3 Å². The van der Waals surface area contributed by atoms with E-state index in [2.05, 4.69) is 4.90 Å². The molecular formula is C17H17N3O2. The third-order valence-corrected chi connectivity index (χ3v) is 3.39. The van der Waals surface area contributed by atoms with Crippen LogP contribution in [0.25, 0.3) is 5.70 Å². The van der Waals surface area contributed by atoms with Gasteiger partial charge in [0.2, 0.25) is 0 Å². The second-order valence-corrected chi connectivity index (χ2v) is 4.68. The highest BCUT2D eigenvalue weighted by atomic mass is 16.5. The largest absolute Gasteiger partial charge is 0.497 e. The van der Waals surface area contributed by atoms with E-state index in [1.807, 2.05) is 42.5 Å². The molecule has 22 heavy (non-hydrogen) atoms. The van der Waals surface area contributed by atoms with Gasteiger partial charge in [-0.1, -0.05) is 0 Å². The van der Waals surface area contributed by atoms with Crippen LogP contribution in [0.5, 0.6) is 5.75 Å². The maximum absolute atomic E-state index is 8.87. The minimum Gasteiger partial charge on any atom is -0.497 e. The first kappa shape index (κ1) is 15.6. The molecule has 0 radical (unpaired) electrons. The highest BCUT2D eigenvalue weighted by molar-refractivity contribution is 5.67. The molecule has 5 nitrogen and oxygen atoms in total. The summed E-state index contributed by atoms with van der Waals surface area (Å²) in [4.78, 5) is 2.19. The quantitative estimate of drug-likeness (QED) is 0.630. The summed E-state index contributed by atoms with van der Waals surface area (Å²) < 4.78 is 10.6. The van der Waals surface area contributed by atoms with Crippen LogP contribution in [0.3, 0.4) is 0 Å². The van der Waals surface area contributed by atoms with Crippen molar-refractivity contribution in [3.63, 3.8) is 0 Å². The Morgan fingerprint density at radius 3 is 2.32 bits per heavy atom. The summed E-state index contributed by atoms with van der Waals surface area (Å²) in [6.45, 7) is 2.89. The predicted octanol–water partition coefficient (Wildman–Crippen LogP) is 2.34. The average Bonchev–Trinajstić information content (AvgIpc) is 2.60. The van der Waals surface area contributed by atoms with Gasteiger partial charge < -0.3 is 14.4 Å². The molecule has 0 unspecified atom stereocenters. The molecule has 112 valence electrons. The smallest absolute Gasteiger partial charge is 0.129 e. The number of allylic oxidation sites excluding steroid dienone is 3. The van der Waals surface area contributed by atoms with Crippen LogP contribution in [0.4, 0.5) is 0 Å². The molecule has 1 aliphatic rings. The Kier molecular flexibility index (Phi) is 5.59. The van der Waals surface area contributed by atoms with E-state index in [0.717, 1.165) is 30.1 Å². The summed E-state index contributed by atoms with van der Waals surface area (Å²) in [6.07, 6.45) is 3.37. The molecule has 0 amide bonds. The van der Waals surface area contributed by atoms with Gasteiger partial charge in [0.25, 0.3) is 0 Å². The van der Waals surface area contributed by atoms with Crippen LogP contribution in [0, 0.1) is 22.7 Å². The van der Waals surface area contributed by atoms with Crippen LogP contribution in [-0.2, 0) is 4.74 Å². The number of methoxy groups -OCH3 is 1. The van der Waals surface area contributed by atoms with Crippen LogP contribution in [0.1, 0.15) is 5.56 Å². The van der Waals surface area contributed by atoms with E-state index in [4.69, 9.17) is 20.0 Å². The molecule has 5 heteroatoms. The zero-order chi connectivity index (χ0) is 15.8. The highest BCUT2D eigenvalue weighted by Gasteiger charge is 2.15. The van der Waals surface area contributed by atoms with Crippen LogP contribution >= 0.6 is 0 Å². The summed E-state index contributed by atoms with van der Waals surface area (Å²) >= 11 is 0. The number of ether oxygens (including phenoxy) is 2. The number of nitriles is 2. The van der Waals surface area contributed by atoms with Crippen molar-refractivity contribution in [2.75, 3.05) is 33.4 Å². The summed E-state index contributed by atoms with van der Waals surface area (Å²) in [5.74, 6) is 0.787. The first-order chi connectivity index (χ1) is 10.8. The summed E-state index contributed by atoms with van der Waals surface area (Å²) in [7, 11) is 1.63. The monoisotopic (exact) mass is 295 g/mol. The molecule has 0 aliphatic carbocycles. The molecule has 1 heterocycles. The highest BCUT2D eigenvalue weighted by Crippen LogP contribution is 2.23. The van der Waals surface area contributed by atoms with Crippen molar-refractivity contribution < 1.29 is 9.47 Å². The first-order valence-electron chi connectivity index (χ1n) is 6.98. The van der Waals surface area contributed by atoms with E-state index in [9.17, 15) is 0 Å². The van der Waals surface area contributed by atoms with Gasteiger partial charge in [-0.2, -0.15) is 10.5 Å². The van der Waals surface area contributed by atoms with Crippen molar-refractivity contribution in [2.45, 2.75) is 0 Å². The lowest BCUT2D eigenvalue weighted by Crippen LogP contribution is -2.34. The van der Waals surface area contributed by atoms with Gasteiger partial charge in [0.15, 0.2) is 0 Å². The number of hydrogen-bond donors (Lipinski definition) is 0. The topological polar surface area (TPSA) is 69.3 Å². The van der Waals surface area contributed by atoms with Gasteiger partial charge in [-0.15, -0.1) is 0 Å². The third-order valence-electron chi connectivity index (χ3n) is 3.39. The van der Waals surface area contributed by atoms with Gasteiger partial charge in [-0.05, 0) is 42.0 Å². The Bertz CT molecular complexity index is 626. The van der Waals surface area contributed by atoms with Crippen molar-refractivity contribution >= 4 is 5.70 Å². The number of morpholine rings is 1. The lowest BCUT2D eigenvalue weighted by atomic mass is 10.1. The fourth-order valence-corrected chi connectivity index (χ4v) is 2.21. The van der Waals surface area contributed by atoms with Gasteiger partial charge >= 0.3 is 0 Å². The molecule has 0 aromatic heterocycles. The van der Waals surface area contributed by atoms with Crippen molar-refractivity contribution in [2.24, 2.45) is 0 Å². The molecule has 0 bridgehead atoms. The van der Waals surface area contributed by atoms with Crippen LogP contribution in [0.15, 0.2) is 42.0 Å². The Labute approximate surface area is 130 Å².